The number of carbonyl (C=O) groups excluding carboxylic acids is 1. The Hall–Kier alpha value is -3.66. The highest BCUT2D eigenvalue weighted by Crippen LogP contribution is 2.30. The molecular weight excluding hydrogens is 342 g/mol. The molecule has 1 amide bonds. The molecule has 1 N–H and O–H groups in total. The van der Waals surface area contributed by atoms with Gasteiger partial charge in [0.2, 0.25) is 5.88 Å². The third kappa shape index (κ3) is 3.13. The van der Waals surface area contributed by atoms with Crippen LogP contribution < -0.4 is 0 Å². The average Bonchev–Trinajstić information content (AvgIpc) is 3.38. The van der Waals surface area contributed by atoms with Crippen LogP contribution in [0.1, 0.15) is 28.8 Å². The summed E-state index contributed by atoms with van der Waals surface area (Å²) in [4.78, 5) is 18.5. The van der Waals surface area contributed by atoms with Gasteiger partial charge in [-0.1, -0.05) is 12.1 Å². The number of nitriles is 1. The molecule has 0 spiro atoms. The van der Waals surface area contributed by atoms with Crippen molar-refractivity contribution in [3.63, 3.8) is 0 Å². The van der Waals surface area contributed by atoms with E-state index in [0.29, 0.717) is 22.5 Å². The zero-order valence-corrected chi connectivity index (χ0v) is 14.5. The number of benzene rings is 1. The summed E-state index contributed by atoms with van der Waals surface area (Å²) >= 11 is 0. The van der Waals surface area contributed by atoms with Crippen molar-refractivity contribution in [2.24, 2.45) is 0 Å². The fourth-order valence-electron chi connectivity index (χ4n) is 3.18. The molecule has 0 atom stereocenters. The molecule has 3 aromatic rings. The SMILES string of the molecule is N#Cc1ccc(-c2cnn(-c3ccc(C(=O)N4CCCC4)cn3)c2O)cc1. The van der Waals surface area contributed by atoms with E-state index < -0.39 is 0 Å². The summed E-state index contributed by atoms with van der Waals surface area (Å²) in [5, 5.41) is 23.6. The van der Waals surface area contributed by atoms with Crippen LogP contribution in [0.4, 0.5) is 0 Å². The largest absolute Gasteiger partial charge is 0.493 e. The first-order valence-electron chi connectivity index (χ1n) is 8.70. The van der Waals surface area contributed by atoms with E-state index in [1.54, 1.807) is 42.6 Å². The molecule has 1 saturated heterocycles. The summed E-state index contributed by atoms with van der Waals surface area (Å²) in [6, 6.07) is 12.3. The Kier molecular flexibility index (Phi) is 4.30. The van der Waals surface area contributed by atoms with Crippen LogP contribution in [0.5, 0.6) is 5.88 Å². The van der Waals surface area contributed by atoms with Crippen molar-refractivity contribution in [1.29, 1.82) is 5.26 Å². The molecule has 1 aliphatic heterocycles. The standard InChI is InChI=1S/C20H17N5O2/c21-11-14-3-5-15(6-4-14)17-13-23-25(20(17)27)18-8-7-16(12-22-18)19(26)24-9-1-2-10-24/h3-8,12-13,27H,1-2,9-10H2. The van der Waals surface area contributed by atoms with Gasteiger partial charge in [-0.2, -0.15) is 15.0 Å². The second-order valence-electron chi connectivity index (χ2n) is 6.39. The van der Waals surface area contributed by atoms with Gasteiger partial charge in [-0.3, -0.25) is 4.79 Å². The third-order valence-electron chi connectivity index (χ3n) is 4.67. The fraction of sp³-hybridized carbons (Fsp3) is 0.200. The Morgan fingerprint density at radius 3 is 2.44 bits per heavy atom. The third-order valence-corrected chi connectivity index (χ3v) is 4.67. The summed E-state index contributed by atoms with van der Waals surface area (Å²) in [7, 11) is 0. The quantitative estimate of drug-likeness (QED) is 0.776. The molecule has 1 aliphatic rings. The number of nitrogens with zero attached hydrogens (tertiary/aromatic N) is 5. The van der Waals surface area contributed by atoms with Crippen molar-refractivity contribution in [2.75, 3.05) is 13.1 Å². The number of rotatable bonds is 3. The molecule has 0 aliphatic carbocycles. The van der Waals surface area contributed by atoms with Gasteiger partial charge in [0, 0.05) is 19.3 Å². The Bertz CT molecular complexity index is 1010. The molecule has 7 heteroatoms. The zero-order chi connectivity index (χ0) is 18.8. The topological polar surface area (TPSA) is 95.0 Å². The zero-order valence-electron chi connectivity index (χ0n) is 14.5. The van der Waals surface area contributed by atoms with Crippen molar-refractivity contribution in [3.8, 4) is 28.9 Å². The predicted molar refractivity (Wildman–Crippen MR) is 98.3 cm³/mol. The molecule has 0 saturated carbocycles. The van der Waals surface area contributed by atoms with Crippen molar-refractivity contribution < 1.29 is 9.90 Å². The number of pyridine rings is 1. The lowest BCUT2D eigenvalue weighted by molar-refractivity contribution is 0.0792. The van der Waals surface area contributed by atoms with Crippen LogP contribution in [0, 0.1) is 11.3 Å². The van der Waals surface area contributed by atoms with E-state index >= 15 is 0 Å². The minimum atomic E-state index is -0.0502. The maximum absolute atomic E-state index is 12.4. The van der Waals surface area contributed by atoms with Gasteiger partial charge in [-0.15, -0.1) is 0 Å². The van der Waals surface area contributed by atoms with E-state index in [0.717, 1.165) is 31.5 Å². The Balaban J connectivity index is 1.59. The van der Waals surface area contributed by atoms with Crippen molar-refractivity contribution in [2.45, 2.75) is 12.8 Å². The summed E-state index contributed by atoms with van der Waals surface area (Å²) in [5.74, 6) is 0.353. The smallest absolute Gasteiger partial charge is 0.255 e. The highest BCUT2D eigenvalue weighted by molar-refractivity contribution is 5.94. The number of amides is 1. The lowest BCUT2D eigenvalue weighted by atomic mass is 10.1. The van der Waals surface area contributed by atoms with Crippen LogP contribution >= 0.6 is 0 Å². The van der Waals surface area contributed by atoms with Crippen LogP contribution in [0.15, 0.2) is 48.8 Å². The highest BCUT2D eigenvalue weighted by atomic mass is 16.3. The minimum absolute atomic E-state index is 0.0190. The van der Waals surface area contributed by atoms with Gasteiger partial charge < -0.3 is 10.0 Å². The van der Waals surface area contributed by atoms with E-state index in [9.17, 15) is 9.90 Å². The first-order valence-corrected chi connectivity index (χ1v) is 8.70. The lowest BCUT2D eigenvalue weighted by Crippen LogP contribution is -2.27. The molecule has 0 radical (unpaired) electrons. The van der Waals surface area contributed by atoms with E-state index in [1.165, 1.54) is 10.9 Å². The van der Waals surface area contributed by atoms with Crippen LogP contribution in [0.25, 0.3) is 16.9 Å². The Morgan fingerprint density at radius 1 is 1.07 bits per heavy atom. The second-order valence-corrected chi connectivity index (χ2v) is 6.39. The van der Waals surface area contributed by atoms with Crippen LogP contribution in [-0.4, -0.2) is 43.8 Å². The van der Waals surface area contributed by atoms with Gasteiger partial charge in [-0.25, -0.2) is 4.98 Å². The molecule has 1 fully saturated rings. The number of likely N-dealkylation sites (tertiary alicyclic amines) is 1. The summed E-state index contributed by atoms with van der Waals surface area (Å²) < 4.78 is 1.32. The number of hydrogen-bond acceptors (Lipinski definition) is 5. The normalized spacial score (nSPS) is 13.5. The first kappa shape index (κ1) is 16.8. The maximum Gasteiger partial charge on any atom is 0.255 e. The molecule has 3 heterocycles. The van der Waals surface area contributed by atoms with E-state index in [-0.39, 0.29) is 11.8 Å². The van der Waals surface area contributed by atoms with Gasteiger partial charge >= 0.3 is 0 Å². The molecule has 7 nitrogen and oxygen atoms in total. The van der Waals surface area contributed by atoms with Crippen molar-refractivity contribution in [1.82, 2.24) is 19.7 Å². The second kappa shape index (κ2) is 6.92. The first-order chi connectivity index (χ1) is 13.2. The highest BCUT2D eigenvalue weighted by Gasteiger charge is 2.20. The van der Waals surface area contributed by atoms with Gasteiger partial charge in [0.05, 0.1) is 29.0 Å². The minimum Gasteiger partial charge on any atom is -0.493 e. The van der Waals surface area contributed by atoms with Crippen LogP contribution in [0.3, 0.4) is 0 Å². The van der Waals surface area contributed by atoms with Crippen LogP contribution in [0.2, 0.25) is 0 Å². The number of aromatic hydroxyl groups is 1. The van der Waals surface area contributed by atoms with Crippen LogP contribution in [-0.2, 0) is 0 Å². The maximum atomic E-state index is 12.4. The molecule has 0 unspecified atom stereocenters. The number of hydrogen-bond donors (Lipinski definition) is 1. The summed E-state index contributed by atoms with van der Waals surface area (Å²) in [5.41, 5.74) is 2.36. The lowest BCUT2D eigenvalue weighted by Gasteiger charge is -2.15. The van der Waals surface area contributed by atoms with Gasteiger partial charge in [0.15, 0.2) is 5.82 Å². The number of aromatic nitrogens is 3. The molecule has 134 valence electrons. The summed E-state index contributed by atoms with van der Waals surface area (Å²) in [6.45, 7) is 1.57. The Morgan fingerprint density at radius 2 is 1.81 bits per heavy atom. The van der Waals surface area contributed by atoms with E-state index in [4.69, 9.17) is 5.26 Å². The van der Waals surface area contributed by atoms with E-state index in [2.05, 4.69) is 16.2 Å². The molecule has 27 heavy (non-hydrogen) atoms. The molecule has 4 rings (SSSR count). The van der Waals surface area contributed by atoms with Gasteiger partial charge in [-0.05, 0) is 42.7 Å². The van der Waals surface area contributed by atoms with E-state index in [1.807, 2.05) is 4.90 Å². The average molecular weight is 359 g/mol. The molecular formula is C20H17N5O2. The predicted octanol–water partition coefficient (Wildman–Crippen LogP) is 2.75. The monoisotopic (exact) mass is 359 g/mol. The molecule has 0 bridgehead atoms. The fourth-order valence-corrected chi connectivity index (χ4v) is 3.18. The molecule has 1 aromatic carbocycles. The number of carbonyl (C=O) groups is 1. The summed E-state index contributed by atoms with van der Waals surface area (Å²) in [6.07, 6.45) is 5.13. The van der Waals surface area contributed by atoms with Gasteiger partial charge in [0.25, 0.3) is 5.91 Å². The van der Waals surface area contributed by atoms with Crippen molar-refractivity contribution >= 4 is 5.91 Å². The van der Waals surface area contributed by atoms with Gasteiger partial charge in [0.1, 0.15) is 0 Å². The van der Waals surface area contributed by atoms with Crippen molar-refractivity contribution in [3.05, 3.63) is 59.9 Å². The molecule has 2 aromatic heterocycles. The Labute approximate surface area is 156 Å².